The highest BCUT2D eigenvalue weighted by Gasteiger charge is 2.20. The predicted octanol–water partition coefficient (Wildman–Crippen LogP) is 3.04. The molecule has 3 rings (SSSR count). The molecule has 0 radical (unpaired) electrons. The highest BCUT2D eigenvalue weighted by Crippen LogP contribution is 2.23. The first-order valence-corrected chi connectivity index (χ1v) is 8.59. The zero-order valence-electron chi connectivity index (χ0n) is 14.1. The number of carbonyl (C=O) groups is 1. The molecule has 5 nitrogen and oxygen atoms in total. The second-order valence-corrected chi connectivity index (χ2v) is 6.00. The van der Waals surface area contributed by atoms with Gasteiger partial charge in [-0.15, -0.1) is 0 Å². The maximum absolute atomic E-state index is 12.7. The minimum Gasteiger partial charge on any atom is -0.356 e. The molecule has 2 aromatic rings. The fraction of sp³-hybridized carbons (Fsp3) is 0.368. The third-order valence-electron chi connectivity index (χ3n) is 4.20. The van der Waals surface area contributed by atoms with Gasteiger partial charge in [-0.05, 0) is 49.2 Å². The van der Waals surface area contributed by atoms with Crippen molar-refractivity contribution in [2.45, 2.75) is 26.3 Å². The molecule has 126 valence electrons. The number of hydrogen-bond donors (Lipinski definition) is 2. The Bertz CT molecular complexity index is 695. The lowest BCUT2D eigenvalue weighted by molar-refractivity contribution is 0.102. The topological polar surface area (TPSA) is 57.3 Å². The Morgan fingerprint density at radius 2 is 2.04 bits per heavy atom. The zero-order chi connectivity index (χ0) is 16.8. The molecule has 1 aliphatic rings. The van der Waals surface area contributed by atoms with Gasteiger partial charge in [-0.25, -0.2) is 4.98 Å². The molecule has 1 aliphatic heterocycles. The largest absolute Gasteiger partial charge is 0.356 e. The van der Waals surface area contributed by atoms with Crippen LogP contribution in [0.25, 0.3) is 0 Å². The second kappa shape index (κ2) is 7.93. The van der Waals surface area contributed by atoms with E-state index in [2.05, 4.69) is 33.5 Å². The molecule has 0 saturated carbocycles. The molecule has 2 heterocycles. The average molecular weight is 324 g/mol. The van der Waals surface area contributed by atoms with Crippen LogP contribution in [0.15, 0.2) is 42.6 Å². The van der Waals surface area contributed by atoms with Crippen molar-refractivity contribution in [1.29, 1.82) is 0 Å². The summed E-state index contributed by atoms with van der Waals surface area (Å²) >= 11 is 0. The van der Waals surface area contributed by atoms with Crippen LogP contribution in [-0.4, -0.2) is 30.5 Å². The van der Waals surface area contributed by atoms with Gasteiger partial charge in [-0.2, -0.15) is 0 Å². The molecule has 2 N–H and O–H groups in total. The maximum atomic E-state index is 12.7. The number of aromatic nitrogens is 1. The molecule has 0 aliphatic carbocycles. The Kier molecular flexibility index (Phi) is 5.43. The van der Waals surface area contributed by atoms with Crippen LogP contribution in [0.2, 0.25) is 0 Å². The molecular formula is C19H24N4O. The van der Waals surface area contributed by atoms with E-state index in [1.807, 2.05) is 30.3 Å². The molecule has 0 unspecified atom stereocenters. The van der Waals surface area contributed by atoms with Gasteiger partial charge in [-0.1, -0.05) is 19.1 Å². The highest BCUT2D eigenvalue weighted by molar-refractivity contribution is 6.07. The number of nitrogens with zero attached hydrogens (tertiary/aromatic N) is 2. The van der Waals surface area contributed by atoms with Gasteiger partial charge in [0.15, 0.2) is 0 Å². The molecular weight excluding hydrogens is 300 g/mol. The molecule has 1 aromatic carbocycles. The van der Waals surface area contributed by atoms with Crippen molar-refractivity contribution in [3.63, 3.8) is 0 Å². The van der Waals surface area contributed by atoms with E-state index < -0.39 is 0 Å². The number of hydrogen-bond acceptors (Lipinski definition) is 4. The summed E-state index contributed by atoms with van der Waals surface area (Å²) in [6.07, 6.45) is 4.07. The van der Waals surface area contributed by atoms with Crippen LogP contribution in [0.1, 0.15) is 35.7 Å². The molecule has 0 atom stereocenters. The first-order valence-electron chi connectivity index (χ1n) is 8.59. The van der Waals surface area contributed by atoms with Crippen molar-refractivity contribution in [1.82, 2.24) is 10.3 Å². The molecule has 1 fully saturated rings. The van der Waals surface area contributed by atoms with Crippen LogP contribution in [-0.2, 0) is 6.54 Å². The molecule has 1 aromatic heterocycles. The lowest BCUT2D eigenvalue weighted by atomic mass is 10.1. The third-order valence-corrected chi connectivity index (χ3v) is 4.20. The lowest BCUT2D eigenvalue weighted by Crippen LogP contribution is -2.24. The van der Waals surface area contributed by atoms with Crippen molar-refractivity contribution in [2.24, 2.45) is 0 Å². The average Bonchev–Trinajstić information content (AvgIpc) is 3.15. The summed E-state index contributed by atoms with van der Waals surface area (Å²) in [4.78, 5) is 19.4. The zero-order valence-corrected chi connectivity index (χ0v) is 14.1. The van der Waals surface area contributed by atoms with E-state index in [9.17, 15) is 4.79 Å². The van der Waals surface area contributed by atoms with Crippen LogP contribution in [0.3, 0.4) is 0 Å². The quantitative estimate of drug-likeness (QED) is 0.857. The van der Waals surface area contributed by atoms with Gasteiger partial charge in [0.05, 0.1) is 5.56 Å². The molecule has 0 bridgehead atoms. The number of pyridine rings is 1. The fourth-order valence-corrected chi connectivity index (χ4v) is 2.98. The SMILES string of the molecule is CCNCc1cccc(NC(=O)c2cccnc2N2CCCC2)c1. The van der Waals surface area contributed by atoms with Crippen molar-refractivity contribution >= 4 is 17.4 Å². The Labute approximate surface area is 143 Å². The monoisotopic (exact) mass is 324 g/mol. The number of benzene rings is 1. The van der Waals surface area contributed by atoms with Crippen LogP contribution in [0, 0.1) is 0 Å². The van der Waals surface area contributed by atoms with Crippen LogP contribution in [0.4, 0.5) is 11.5 Å². The lowest BCUT2D eigenvalue weighted by Gasteiger charge is -2.19. The van der Waals surface area contributed by atoms with Crippen LogP contribution >= 0.6 is 0 Å². The Morgan fingerprint density at radius 1 is 1.21 bits per heavy atom. The van der Waals surface area contributed by atoms with Gasteiger partial charge in [-0.3, -0.25) is 4.79 Å². The number of amides is 1. The summed E-state index contributed by atoms with van der Waals surface area (Å²) in [6.45, 7) is 5.73. The summed E-state index contributed by atoms with van der Waals surface area (Å²) < 4.78 is 0. The van der Waals surface area contributed by atoms with Gasteiger partial charge in [0.25, 0.3) is 5.91 Å². The number of nitrogens with one attached hydrogen (secondary N) is 2. The molecule has 1 saturated heterocycles. The van der Waals surface area contributed by atoms with E-state index >= 15 is 0 Å². The molecule has 5 heteroatoms. The minimum atomic E-state index is -0.106. The summed E-state index contributed by atoms with van der Waals surface area (Å²) in [5.41, 5.74) is 2.60. The fourth-order valence-electron chi connectivity index (χ4n) is 2.98. The van der Waals surface area contributed by atoms with E-state index in [-0.39, 0.29) is 5.91 Å². The van der Waals surface area contributed by atoms with E-state index in [1.54, 1.807) is 6.20 Å². The first kappa shape index (κ1) is 16.5. The van der Waals surface area contributed by atoms with E-state index in [0.29, 0.717) is 5.56 Å². The van der Waals surface area contributed by atoms with Gasteiger partial charge in [0, 0.05) is 31.5 Å². The molecule has 0 spiro atoms. The first-order chi connectivity index (χ1) is 11.8. The van der Waals surface area contributed by atoms with Gasteiger partial charge < -0.3 is 15.5 Å². The van der Waals surface area contributed by atoms with Crippen LogP contribution < -0.4 is 15.5 Å². The predicted molar refractivity (Wildman–Crippen MR) is 97.5 cm³/mol. The van der Waals surface area contributed by atoms with Crippen molar-refractivity contribution in [2.75, 3.05) is 29.9 Å². The van der Waals surface area contributed by atoms with Crippen molar-refractivity contribution in [3.8, 4) is 0 Å². The molecule has 24 heavy (non-hydrogen) atoms. The molecule has 1 amide bonds. The summed E-state index contributed by atoms with van der Waals surface area (Å²) in [5, 5.41) is 6.30. The minimum absolute atomic E-state index is 0.106. The van der Waals surface area contributed by atoms with Gasteiger partial charge >= 0.3 is 0 Å². The Morgan fingerprint density at radius 3 is 2.83 bits per heavy atom. The highest BCUT2D eigenvalue weighted by atomic mass is 16.1. The summed E-state index contributed by atoms with van der Waals surface area (Å²) in [5.74, 6) is 0.682. The second-order valence-electron chi connectivity index (χ2n) is 6.00. The standard InChI is InChI=1S/C19H24N4O/c1-2-20-14-15-7-5-8-16(13-15)22-19(24)17-9-6-10-21-18(17)23-11-3-4-12-23/h5-10,13,20H,2-4,11-12,14H2,1H3,(H,22,24). The number of carbonyl (C=O) groups excluding carboxylic acids is 1. The summed E-state index contributed by atoms with van der Waals surface area (Å²) in [6, 6.07) is 11.6. The maximum Gasteiger partial charge on any atom is 0.259 e. The summed E-state index contributed by atoms with van der Waals surface area (Å²) in [7, 11) is 0. The number of anilines is 2. The van der Waals surface area contributed by atoms with Crippen molar-refractivity contribution in [3.05, 3.63) is 53.7 Å². The van der Waals surface area contributed by atoms with E-state index in [0.717, 1.165) is 56.1 Å². The normalized spacial score (nSPS) is 14.0. The third kappa shape index (κ3) is 3.92. The smallest absolute Gasteiger partial charge is 0.259 e. The number of rotatable bonds is 6. The van der Waals surface area contributed by atoms with Gasteiger partial charge in [0.2, 0.25) is 0 Å². The van der Waals surface area contributed by atoms with E-state index in [4.69, 9.17) is 0 Å². The Hall–Kier alpha value is -2.40. The van der Waals surface area contributed by atoms with Gasteiger partial charge in [0.1, 0.15) is 5.82 Å². The van der Waals surface area contributed by atoms with Crippen molar-refractivity contribution < 1.29 is 4.79 Å². The Balaban J connectivity index is 1.75. The van der Waals surface area contributed by atoms with Crippen LogP contribution in [0.5, 0.6) is 0 Å². The van der Waals surface area contributed by atoms with E-state index in [1.165, 1.54) is 0 Å².